The van der Waals surface area contributed by atoms with Gasteiger partial charge in [0, 0.05) is 11.3 Å². The molecule has 3 atom stereocenters. The zero-order valence-electron chi connectivity index (χ0n) is 9.03. The predicted octanol–water partition coefficient (Wildman–Crippen LogP) is 1.11. The largest absolute Gasteiger partial charge is 0.481 e. The van der Waals surface area contributed by atoms with Gasteiger partial charge in [-0.25, -0.2) is 0 Å². The molecule has 1 fully saturated rings. The summed E-state index contributed by atoms with van der Waals surface area (Å²) in [4.78, 5) is 22.1. The zero-order chi connectivity index (χ0) is 11.4. The Hall–Kier alpha value is -0.710. The van der Waals surface area contributed by atoms with E-state index in [0.29, 0.717) is 5.25 Å². The van der Waals surface area contributed by atoms with Crippen LogP contribution in [0.4, 0.5) is 0 Å². The molecule has 1 rings (SSSR count). The number of carboxylic acid groups (broad SMARTS) is 1. The third kappa shape index (κ3) is 3.12. The Morgan fingerprint density at radius 2 is 2.13 bits per heavy atom. The number of thioether (sulfide) groups is 1. The fraction of sp³-hybridized carbons (Fsp3) is 0.800. The van der Waals surface area contributed by atoms with Crippen molar-refractivity contribution < 1.29 is 14.7 Å². The molecule has 0 aromatic carbocycles. The van der Waals surface area contributed by atoms with Gasteiger partial charge in [0.25, 0.3) is 0 Å². The second kappa shape index (κ2) is 5.39. The molecular formula is C10H17NO3S. The molecule has 5 heteroatoms. The van der Waals surface area contributed by atoms with Crippen molar-refractivity contribution in [2.24, 2.45) is 5.92 Å². The van der Waals surface area contributed by atoms with Crippen molar-refractivity contribution in [3.8, 4) is 0 Å². The van der Waals surface area contributed by atoms with E-state index in [0.717, 1.165) is 19.3 Å². The number of carbonyl (C=O) groups excluding carboxylic acids is 1. The van der Waals surface area contributed by atoms with Crippen molar-refractivity contribution in [1.29, 1.82) is 0 Å². The summed E-state index contributed by atoms with van der Waals surface area (Å²) >= 11 is 1.74. The van der Waals surface area contributed by atoms with E-state index in [4.69, 9.17) is 5.11 Å². The molecule has 3 unspecified atom stereocenters. The minimum absolute atomic E-state index is 0.147. The molecule has 0 aromatic rings. The summed E-state index contributed by atoms with van der Waals surface area (Å²) in [7, 11) is 0. The molecule has 0 radical (unpaired) electrons. The summed E-state index contributed by atoms with van der Waals surface area (Å²) < 4.78 is 0. The maximum Gasteiger partial charge on any atom is 0.315 e. The molecule has 0 bridgehead atoms. The standard InChI is InChI=1S/C10H17NO3S/c1-6(10(13)14)9(12)11-7-4-3-5-8(7)15-2/h6-8H,3-5H2,1-2H3,(H,11,12)(H,13,14). The quantitative estimate of drug-likeness (QED) is 0.711. The van der Waals surface area contributed by atoms with Gasteiger partial charge in [0.1, 0.15) is 5.92 Å². The van der Waals surface area contributed by atoms with Crippen LogP contribution in [0.25, 0.3) is 0 Å². The van der Waals surface area contributed by atoms with E-state index in [1.54, 1.807) is 11.8 Å². The Balaban J connectivity index is 2.47. The number of hydrogen-bond acceptors (Lipinski definition) is 3. The first kappa shape index (κ1) is 12.4. The van der Waals surface area contributed by atoms with Crippen LogP contribution >= 0.6 is 11.8 Å². The third-order valence-corrected chi connectivity index (χ3v) is 4.02. The lowest BCUT2D eigenvalue weighted by molar-refractivity contribution is -0.146. The number of carboxylic acids is 1. The zero-order valence-corrected chi connectivity index (χ0v) is 9.84. The summed E-state index contributed by atoms with van der Waals surface area (Å²) in [5.74, 6) is -2.38. The van der Waals surface area contributed by atoms with Gasteiger partial charge in [0.2, 0.25) is 5.91 Å². The number of hydrogen-bond donors (Lipinski definition) is 2. The lowest BCUT2D eigenvalue weighted by Crippen LogP contribution is -2.43. The minimum Gasteiger partial charge on any atom is -0.481 e. The number of carbonyl (C=O) groups is 2. The lowest BCUT2D eigenvalue weighted by atomic mass is 10.1. The Kier molecular flexibility index (Phi) is 4.45. The maximum atomic E-state index is 11.5. The van der Waals surface area contributed by atoms with Gasteiger partial charge < -0.3 is 10.4 Å². The highest BCUT2D eigenvalue weighted by atomic mass is 32.2. The van der Waals surface area contributed by atoms with E-state index in [9.17, 15) is 9.59 Å². The highest BCUT2D eigenvalue weighted by molar-refractivity contribution is 7.99. The summed E-state index contributed by atoms with van der Waals surface area (Å²) in [5.41, 5.74) is 0. The maximum absolute atomic E-state index is 11.5. The molecule has 0 aliphatic heterocycles. The second-order valence-electron chi connectivity index (χ2n) is 3.88. The van der Waals surface area contributed by atoms with Crippen LogP contribution in [0, 0.1) is 5.92 Å². The van der Waals surface area contributed by atoms with Crippen molar-refractivity contribution in [2.45, 2.75) is 37.5 Å². The molecule has 1 saturated carbocycles. The number of nitrogens with one attached hydrogen (secondary N) is 1. The van der Waals surface area contributed by atoms with Crippen molar-refractivity contribution >= 4 is 23.6 Å². The Morgan fingerprint density at radius 1 is 1.47 bits per heavy atom. The molecule has 2 N–H and O–H groups in total. The average Bonchev–Trinajstić information content (AvgIpc) is 2.63. The normalized spacial score (nSPS) is 27.3. The predicted molar refractivity (Wildman–Crippen MR) is 59.9 cm³/mol. The van der Waals surface area contributed by atoms with Crippen LogP contribution in [0.5, 0.6) is 0 Å². The van der Waals surface area contributed by atoms with Crippen molar-refractivity contribution in [3.63, 3.8) is 0 Å². The van der Waals surface area contributed by atoms with Crippen LogP contribution in [0.15, 0.2) is 0 Å². The molecule has 4 nitrogen and oxygen atoms in total. The van der Waals surface area contributed by atoms with Crippen molar-refractivity contribution in [1.82, 2.24) is 5.32 Å². The molecule has 1 aliphatic rings. The fourth-order valence-corrected chi connectivity index (χ4v) is 2.73. The first-order valence-corrected chi connectivity index (χ1v) is 6.41. The second-order valence-corrected chi connectivity index (χ2v) is 4.96. The van der Waals surface area contributed by atoms with Crippen LogP contribution in [-0.2, 0) is 9.59 Å². The highest BCUT2D eigenvalue weighted by Gasteiger charge is 2.30. The molecule has 0 heterocycles. The van der Waals surface area contributed by atoms with E-state index < -0.39 is 11.9 Å². The van der Waals surface area contributed by atoms with Crippen LogP contribution in [-0.4, -0.2) is 34.5 Å². The van der Waals surface area contributed by atoms with Gasteiger partial charge >= 0.3 is 5.97 Å². The van der Waals surface area contributed by atoms with Crippen molar-refractivity contribution in [3.05, 3.63) is 0 Å². The van der Waals surface area contributed by atoms with Gasteiger partial charge in [-0.05, 0) is 26.0 Å². The molecule has 15 heavy (non-hydrogen) atoms. The number of aliphatic carboxylic acids is 1. The van der Waals surface area contributed by atoms with Gasteiger partial charge in [0.15, 0.2) is 0 Å². The van der Waals surface area contributed by atoms with Gasteiger partial charge in [-0.2, -0.15) is 11.8 Å². The third-order valence-electron chi connectivity index (χ3n) is 2.85. The average molecular weight is 231 g/mol. The van der Waals surface area contributed by atoms with Crippen molar-refractivity contribution in [2.75, 3.05) is 6.26 Å². The smallest absolute Gasteiger partial charge is 0.315 e. The van der Waals surface area contributed by atoms with Gasteiger partial charge in [0.05, 0.1) is 0 Å². The monoisotopic (exact) mass is 231 g/mol. The van der Waals surface area contributed by atoms with Crippen LogP contribution in [0.2, 0.25) is 0 Å². The Morgan fingerprint density at radius 3 is 2.67 bits per heavy atom. The first-order chi connectivity index (χ1) is 7.06. The van der Waals surface area contributed by atoms with E-state index in [1.165, 1.54) is 6.92 Å². The molecule has 86 valence electrons. The van der Waals surface area contributed by atoms with Gasteiger partial charge in [-0.3, -0.25) is 9.59 Å². The van der Waals surface area contributed by atoms with Crippen LogP contribution in [0.3, 0.4) is 0 Å². The molecular weight excluding hydrogens is 214 g/mol. The number of rotatable bonds is 4. The summed E-state index contributed by atoms with van der Waals surface area (Å²) in [6, 6.07) is 0.147. The minimum atomic E-state index is -1.06. The molecule has 1 aliphatic carbocycles. The lowest BCUT2D eigenvalue weighted by Gasteiger charge is -2.20. The molecule has 0 aromatic heterocycles. The Labute approximate surface area is 93.8 Å². The molecule has 0 spiro atoms. The topological polar surface area (TPSA) is 66.4 Å². The van der Waals surface area contributed by atoms with E-state index >= 15 is 0 Å². The highest BCUT2D eigenvalue weighted by Crippen LogP contribution is 2.28. The van der Waals surface area contributed by atoms with Crippen LogP contribution < -0.4 is 5.32 Å². The number of amides is 1. The first-order valence-electron chi connectivity index (χ1n) is 5.12. The van der Waals surface area contributed by atoms with Crippen LogP contribution in [0.1, 0.15) is 26.2 Å². The van der Waals surface area contributed by atoms with E-state index in [2.05, 4.69) is 5.32 Å². The molecule has 0 saturated heterocycles. The van der Waals surface area contributed by atoms with E-state index in [-0.39, 0.29) is 11.9 Å². The summed E-state index contributed by atoms with van der Waals surface area (Å²) in [6.07, 6.45) is 5.20. The summed E-state index contributed by atoms with van der Waals surface area (Å²) in [6.45, 7) is 1.42. The summed E-state index contributed by atoms with van der Waals surface area (Å²) in [5, 5.41) is 11.9. The SMILES string of the molecule is CSC1CCCC1NC(=O)C(C)C(=O)O. The fourth-order valence-electron chi connectivity index (χ4n) is 1.79. The molecule has 1 amide bonds. The Bertz CT molecular complexity index is 257. The van der Waals surface area contributed by atoms with E-state index in [1.807, 2.05) is 6.26 Å². The van der Waals surface area contributed by atoms with Gasteiger partial charge in [-0.15, -0.1) is 0 Å². The van der Waals surface area contributed by atoms with Gasteiger partial charge in [-0.1, -0.05) is 6.42 Å².